The second-order valence-electron chi connectivity index (χ2n) is 2.20. The predicted octanol–water partition coefficient (Wildman–Crippen LogP) is -2.25. The van der Waals surface area contributed by atoms with E-state index < -0.39 is 0 Å². The van der Waals surface area contributed by atoms with Gasteiger partial charge in [-0.25, -0.2) is 0 Å². The van der Waals surface area contributed by atoms with Gasteiger partial charge in [0.05, 0.1) is 0 Å². The number of rotatable bonds is 1. The Morgan fingerprint density at radius 2 is 1.78 bits per heavy atom. The van der Waals surface area contributed by atoms with Crippen LogP contribution in [0.15, 0.2) is 0 Å². The summed E-state index contributed by atoms with van der Waals surface area (Å²) in [4.78, 5) is 11.9. The topological polar surface area (TPSA) is 20.3 Å². The minimum atomic E-state index is 0. The number of amides is 1. The molecule has 1 fully saturated rings. The molecule has 1 amide bonds. The molecular weight excluding hydrogens is 125 g/mol. The maximum atomic E-state index is 10.1. The van der Waals surface area contributed by atoms with Crippen molar-refractivity contribution in [1.82, 2.24) is 4.90 Å². The smallest absolute Gasteiger partial charge is 1.00 e. The molecule has 0 aromatic rings. The molecule has 0 aliphatic carbocycles. The fourth-order valence-electron chi connectivity index (χ4n) is 1.02. The molecule has 0 atom stereocenters. The fraction of sp³-hybridized carbons (Fsp3) is 0.833. The van der Waals surface area contributed by atoms with E-state index in [4.69, 9.17) is 0 Å². The maximum absolute atomic E-state index is 10.1. The Morgan fingerprint density at radius 3 is 2.11 bits per heavy atom. The normalized spacial score (nSPS) is 18.4. The third-order valence-corrected chi connectivity index (χ3v) is 1.54. The standard InChI is InChI=1S/C6H11NO.Na.H/c8-6-7-4-2-1-3-5-7;;/h6H,1-5H2;;/q;+1;-1. The fourth-order valence-corrected chi connectivity index (χ4v) is 1.02. The van der Waals surface area contributed by atoms with Crippen molar-refractivity contribution in [3.05, 3.63) is 0 Å². The van der Waals surface area contributed by atoms with E-state index >= 15 is 0 Å². The first-order valence-corrected chi connectivity index (χ1v) is 3.13. The first-order valence-electron chi connectivity index (χ1n) is 3.13. The van der Waals surface area contributed by atoms with E-state index in [1.54, 1.807) is 0 Å². The van der Waals surface area contributed by atoms with E-state index in [0.29, 0.717) is 0 Å². The van der Waals surface area contributed by atoms with Gasteiger partial charge in [0.25, 0.3) is 0 Å². The van der Waals surface area contributed by atoms with Crippen LogP contribution in [0, 0.1) is 0 Å². The summed E-state index contributed by atoms with van der Waals surface area (Å²) in [6.07, 6.45) is 4.63. The molecule has 1 heterocycles. The summed E-state index contributed by atoms with van der Waals surface area (Å²) in [5.74, 6) is 0. The molecule has 9 heavy (non-hydrogen) atoms. The van der Waals surface area contributed by atoms with E-state index in [1.165, 1.54) is 19.3 Å². The summed E-state index contributed by atoms with van der Waals surface area (Å²) in [5, 5.41) is 0. The van der Waals surface area contributed by atoms with Crippen molar-refractivity contribution in [2.45, 2.75) is 19.3 Å². The van der Waals surface area contributed by atoms with Crippen LogP contribution in [0.4, 0.5) is 0 Å². The molecule has 0 spiro atoms. The molecular formula is C6H12NNaO. The Hall–Kier alpha value is 0.470. The molecule has 1 saturated heterocycles. The van der Waals surface area contributed by atoms with Crippen molar-refractivity contribution >= 4 is 6.41 Å². The van der Waals surface area contributed by atoms with E-state index in [0.717, 1.165) is 19.5 Å². The number of carbonyl (C=O) groups excluding carboxylic acids is 1. The number of likely N-dealkylation sites (tertiary alicyclic amines) is 1. The number of hydrogen-bond donors (Lipinski definition) is 0. The van der Waals surface area contributed by atoms with Gasteiger partial charge >= 0.3 is 29.6 Å². The quantitative estimate of drug-likeness (QED) is 0.295. The number of carbonyl (C=O) groups is 1. The molecule has 48 valence electrons. The molecule has 0 aromatic carbocycles. The molecule has 1 aliphatic rings. The van der Waals surface area contributed by atoms with E-state index in [-0.39, 0.29) is 31.0 Å². The predicted molar refractivity (Wildman–Crippen MR) is 32.6 cm³/mol. The second kappa shape index (κ2) is 5.27. The van der Waals surface area contributed by atoms with E-state index in [1.807, 2.05) is 4.90 Å². The Balaban J connectivity index is 0. The van der Waals surface area contributed by atoms with Gasteiger partial charge in [-0.1, -0.05) is 0 Å². The van der Waals surface area contributed by atoms with Crippen molar-refractivity contribution in [3.63, 3.8) is 0 Å². The van der Waals surface area contributed by atoms with Crippen LogP contribution < -0.4 is 29.6 Å². The SMILES string of the molecule is O=CN1CCCCC1.[H-].[Na+]. The Bertz CT molecular complexity index is 85.8. The Kier molecular flexibility index (Phi) is 5.55. The largest absolute Gasteiger partial charge is 1.00 e. The van der Waals surface area contributed by atoms with Gasteiger partial charge in [-0.05, 0) is 19.3 Å². The Morgan fingerprint density at radius 1 is 1.22 bits per heavy atom. The average molecular weight is 137 g/mol. The van der Waals surface area contributed by atoms with Crippen molar-refractivity contribution in [2.24, 2.45) is 0 Å². The zero-order valence-corrected chi connectivity index (χ0v) is 7.97. The molecule has 0 unspecified atom stereocenters. The maximum Gasteiger partial charge on any atom is 1.00 e. The van der Waals surface area contributed by atoms with E-state index in [2.05, 4.69) is 0 Å². The van der Waals surface area contributed by atoms with Gasteiger partial charge in [0, 0.05) is 13.1 Å². The molecule has 0 radical (unpaired) electrons. The zero-order valence-electron chi connectivity index (χ0n) is 6.97. The monoisotopic (exact) mass is 137 g/mol. The summed E-state index contributed by atoms with van der Waals surface area (Å²) in [6.45, 7) is 1.95. The van der Waals surface area contributed by atoms with Gasteiger partial charge in [0.2, 0.25) is 6.41 Å². The van der Waals surface area contributed by atoms with Crippen LogP contribution in [0.2, 0.25) is 0 Å². The van der Waals surface area contributed by atoms with Crippen LogP contribution in [0.3, 0.4) is 0 Å². The van der Waals surface area contributed by atoms with Crippen LogP contribution in [0.1, 0.15) is 20.7 Å². The molecule has 0 N–H and O–H groups in total. The van der Waals surface area contributed by atoms with Crippen molar-refractivity contribution in [3.8, 4) is 0 Å². The van der Waals surface area contributed by atoms with Crippen LogP contribution in [-0.4, -0.2) is 24.4 Å². The van der Waals surface area contributed by atoms with Crippen LogP contribution >= 0.6 is 0 Å². The molecule has 2 nitrogen and oxygen atoms in total. The van der Waals surface area contributed by atoms with E-state index in [9.17, 15) is 4.79 Å². The average Bonchev–Trinajstić information content (AvgIpc) is 1.90. The number of nitrogens with zero attached hydrogens (tertiary/aromatic N) is 1. The first kappa shape index (κ1) is 9.47. The number of piperidine rings is 1. The minimum absolute atomic E-state index is 0. The van der Waals surface area contributed by atoms with Crippen LogP contribution in [0.25, 0.3) is 0 Å². The summed E-state index contributed by atoms with van der Waals surface area (Å²) >= 11 is 0. The summed E-state index contributed by atoms with van der Waals surface area (Å²) in [5.41, 5.74) is 0. The molecule has 0 saturated carbocycles. The molecule has 0 bridgehead atoms. The molecule has 0 aromatic heterocycles. The summed E-state index contributed by atoms with van der Waals surface area (Å²) in [6, 6.07) is 0. The minimum Gasteiger partial charge on any atom is -1.00 e. The summed E-state index contributed by atoms with van der Waals surface area (Å²) in [7, 11) is 0. The van der Waals surface area contributed by atoms with Gasteiger partial charge in [-0.2, -0.15) is 0 Å². The molecule has 1 aliphatic heterocycles. The van der Waals surface area contributed by atoms with Crippen molar-refractivity contribution < 1.29 is 35.8 Å². The second-order valence-corrected chi connectivity index (χ2v) is 2.20. The van der Waals surface area contributed by atoms with Gasteiger partial charge in [0.15, 0.2) is 0 Å². The summed E-state index contributed by atoms with van der Waals surface area (Å²) < 4.78 is 0. The van der Waals surface area contributed by atoms with Crippen molar-refractivity contribution in [2.75, 3.05) is 13.1 Å². The van der Waals surface area contributed by atoms with Gasteiger partial charge in [-0.15, -0.1) is 0 Å². The van der Waals surface area contributed by atoms with Gasteiger partial charge < -0.3 is 6.33 Å². The van der Waals surface area contributed by atoms with Gasteiger partial charge in [-0.3, -0.25) is 4.79 Å². The molecule has 1 rings (SSSR count). The van der Waals surface area contributed by atoms with Crippen LogP contribution in [-0.2, 0) is 4.79 Å². The Labute approximate surface area is 79.4 Å². The zero-order chi connectivity index (χ0) is 5.82. The molecule has 3 heteroatoms. The van der Waals surface area contributed by atoms with Crippen molar-refractivity contribution in [1.29, 1.82) is 0 Å². The van der Waals surface area contributed by atoms with Gasteiger partial charge in [0.1, 0.15) is 0 Å². The third kappa shape index (κ3) is 3.23. The first-order chi connectivity index (χ1) is 3.93. The van der Waals surface area contributed by atoms with Crippen LogP contribution in [0.5, 0.6) is 0 Å². The number of hydrogen-bond acceptors (Lipinski definition) is 1. The third-order valence-electron chi connectivity index (χ3n) is 1.54.